The molecule has 2 fully saturated rings. The van der Waals surface area contributed by atoms with E-state index in [0.717, 1.165) is 37.8 Å². The summed E-state index contributed by atoms with van der Waals surface area (Å²) in [6.07, 6.45) is -0.875. The van der Waals surface area contributed by atoms with Crippen molar-refractivity contribution in [3.63, 3.8) is 0 Å². The third-order valence-corrected chi connectivity index (χ3v) is 3.92. The first-order chi connectivity index (χ1) is 9.86. The van der Waals surface area contributed by atoms with Crippen LogP contribution in [0.4, 0.5) is 17.6 Å². The van der Waals surface area contributed by atoms with Gasteiger partial charge in [-0.1, -0.05) is 0 Å². The van der Waals surface area contributed by atoms with Gasteiger partial charge in [0.1, 0.15) is 5.82 Å². The lowest BCUT2D eigenvalue weighted by atomic mass is 10.1. The Hall–Kier alpha value is -1.59. The normalized spacial score (nSPS) is 18.7. The Morgan fingerprint density at radius 1 is 1.19 bits per heavy atom. The summed E-state index contributed by atoms with van der Waals surface area (Å²) in [5.41, 5.74) is -1.47. The molecule has 0 aliphatic heterocycles. The molecule has 0 spiro atoms. The van der Waals surface area contributed by atoms with Crippen LogP contribution in [0.3, 0.4) is 0 Å². The largest absolute Gasteiger partial charge is 0.419 e. The smallest absolute Gasteiger partial charge is 0.335 e. The quantitative estimate of drug-likeness (QED) is 0.773. The van der Waals surface area contributed by atoms with Gasteiger partial charge in [0.15, 0.2) is 0 Å². The zero-order chi connectivity index (χ0) is 15.2. The molecule has 3 rings (SSSR count). The van der Waals surface area contributed by atoms with E-state index in [1.54, 1.807) is 4.90 Å². The maximum atomic E-state index is 13.3. The molecule has 0 bridgehead atoms. The van der Waals surface area contributed by atoms with Crippen molar-refractivity contribution < 1.29 is 22.4 Å². The molecule has 0 unspecified atom stereocenters. The summed E-state index contributed by atoms with van der Waals surface area (Å²) in [6.45, 7) is 0.599. The Morgan fingerprint density at radius 3 is 2.38 bits per heavy atom. The molecule has 1 amide bonds. The second kappa shape index (κ2) is 5.00. The van der Waals surface area contributed by atoms with Gasteiger partial charge in [0.25, 0.3) is 5.91 Å². The third kappa shape index (κ3) is 3.19. The molecule has 0 atom stereocenters. The highest BCUT2D eigenvalue weighted by Gasteiger charge is 2.38. The van der Waals surface area contributed by atoms with E-state index >= 15 is 0 Å². The number of benzene rings is 1. The van der Waals surface area contributed by atoms with Gasteiger partial charge in [-0.3, -0.25) is 4.79 Å². The summed E-state index contributed by atoms with van der Waals surface area (Å²) in [6, 6.07) is 2.62. The number of amides is 1. The highest BCUT2D eigenvalue weighted by Crippen LogP contribution is 2.36. The lowest BCUT2D eigenvalue weighted by Crippen LogP contribution is -2.35. The predicted octanol–water partition coefficient (Wildman–Crippen LogP) is 3.86. The minimum absolute atomic E-state index is 0.0868. The average Bonchev–Trinajstić information content (AvgIpc) is 3.26. The number of nitrogens with zero attached hydrogens (tertiary/aromatic N) is 1. The van der Waals surface area contributed by atoms with E-state index in [4.69, 9.17) is 0 Å². The Bertz CT molecular complexity index is 561. The van der Waals surface area contributed by atoms with Crippen LogP contribution in [-0.2, 0) is 6.18 Å². The van der Waals surface area contributed by atoms with E-state index in [0.29, 0.717) is 18.5 Å². The van der Waals surface area contributed by atoms with Crippen LogP contribution in [-0.4, -0.2) is 23.4 Å². The highest BCUT2D eigenvalue weighted by atomic mass is 19.4. The fourth-order valence-electron chi connectivity index (χ4n) is 2.40. The van der Waals surface area contributed by atoms with Gasteiger partial charge in [-0.25, -0.2) is 4.39 Å². The lowest BCUT2D eigenvalue weighted by Gasteiger charge is -2.23. The standard InChI is InChI=1S/C15H15F4NO/c16-13-6-3-10(7-12(13)15(17,18)19)14(21)20(11-4-5-11)8-9-1-2-9/h3,6-7,9,11H,1-2,4-5,8H2. The van der Waals surface area contributed by atoms with Crippen molar-refractivity contribution in [2.24, 2.45) is 5.92 Å². The minimum atomic E-state index is -4.79. The van der Waals surface area contributed by atoms with Crippen molar-refractivity contribution in [3.05, 3.63) is 35.1 Å². The molecular weight excluding hydrogens is 286 g/mol. The van der Waals surface area contributed by atoms with Gasteiger partial charge < -0.3 is 4.90 Å². The molecule has 114 valence electrons. The number of carbonyl (C=O) groups excluding carboxylic acids is 1. The first kappa shape index (κ1) is 14.4. The monoisotopic (exact) mass is 301 g/mol. The number of alkyl halides is 3. The Labute approximate surface area is 119 Å². The average molecular weight is 301 g/mol. The molecule has 2 aliphatic carbocycles. The van der Waals surface area contributed by atoms with Gasteiger partial charge in [0.05, 0.1) is 5.56 Å². The molecule has 1 aromatic carbocycles. The molecule has 2 saturated carbocycles. The number of hydrogen-bond acceptors (Lipinski definition) is 1. The summed E-state index contributed by atoms with van der Waals surface area (Å²) in [7, 11) is 0. The van der Waals surface area contributed by atoms with Crippen molar-refractivity contribution in [1.29, 1.82) is 0 Å². The van der Waals surface area contributed by atoms with Crippen LogP contribution < -0.4 is 0 Å². The van der Waals surface area contributed by atoms with Crippen molar-refractivity contribution in [2.75, 3.05) is 6.54 Å². The summed E-state index contributed by atoms with van der Waals surface area (Å²) in [5, 5.41) is 0. The Balaban J connectivity index is 1.85. The molecule has 1 aromatic rings. The predicted molar refractivity (Wildman–Crippen MR) is 68.2 cm³/mol. The Morgan fingerprint density at radius 2 is 1.86 bits per heavy atom. The summed E-state index contributed by atoms with van der Waals surface area (Å²) in [4.78, 5) is 14.1. The summed E-state index contributed by atoms with van der Waals surface area (Å²) in [5.74, 6) is -1.30. The fraction of sp³-hybridized carbons (Fsp3) is 0.533. The zero-order valence-corrected chi connectivity index (χ0v) is 11.3. The summed E-state index contributed by atoms with van der Waals surface area (Å²) < 4.78 is 51.4. The number of halogens is 4. The molecule has 0 N–H and O–H groups in total. The second-order valence-electron chi connectivity index (χ2n) is 5.82. The zero-order valence-electron chi connectivity index (χ0n) is 11.3. The van der Waals surface area contributed by atoms with Crippen LogP contribution in [0, 0.1) is 11.7 Å². The number of carbonyl (C=O) groups is 1. The molecule has 2 nitrogen and oxygen atoms in total. The molecular formula is C15H15F4NO. The molecule has 0 aromatic heterocycles. The topological polar surface area (TPSA) is 20.3 Å². The van der Waals surface area contributed by atoms with Crippen LogP contribution >= 0.6 is 0 Å². The van der Waals surface area contributed by atoms with E-state index in [-0.39, 0.29) is 11.6 Å². The maximum Gasteiger partial charge on any atom is 0.419 e. The van der Waals surface area contributed by atoms with Crippen molar-refractivity contribution >= 4 is 5.91 Å². The lowest BCUT2D eigenvalue weighted by molar-refractivity contribution is -0.140. The van der Waals surface area contributed by atoms with Crippen molar-refractivity contribution in [1.82, 2.24) is 4.90 Å². The van der Waals surface area contributed by atoms with Gasteiger partial charge >= 0.3 is 6.18 Å². The summed E-state index contributed by atoms with van der Waals surface area (Å²) >= 11 is 0. The fourth-order valence-corrected chi connectivity index (χ4v) is 2.40. The van der Waals surface area contributed by atoms with Gasteiger partial charge in [0, 0.05) is 18.2 Å². The highest BCUT2D eigenvalue weighted by molar-refractivity contribution is 5.94. The van der Waals surface area contributed by atoms with Crippen molar-refractivity contribution in [3.8, 4) is 0 Å². The van der Waals surface area contributed by atoms with Gasteiger partial charge in [-0.05, 0) is 49.8 Å². The van der Waals surface area contributed by atoms with Crippen LogP contribution in [0.1, 0.15) is 41.6 Å². The van der Waals surface area contributed by atoms with E-state index in [2.05, 4.69) is 0 Å². The van der Waals surface area contributed by atoms with E-state index in [1.807, 2.05) is 0 Å². The molecule has 0 saturated heterocycles. The van der Waals surface area contributed by atoms with Gasteiger partial charge in [-0.2, -0.15) is 13.2 Å². The van der Waals surface area contributed by atoms with Gasteiger partial charge in [-0.15, -0.1) is 0 Å². The van der Waals surface area contributed by atoms with Gasteiger partial charge in [0.2, 0.25) is 0 Å². The molecule has 2 aliphatic rings. The number of hydrogen-bond donors (Lipinski definition) is 0. The van der Waals surface area contributed by atoms with Crippen LogP contribution in [0.25, 0.3) is 0 Å². The van der Waals surface area contributed by atoms with Crippen molar-refractivity contribution in [2.45, 2.75) is 37.9 Å². The SMILES string of the molecule is O=C(c1ccc(F)c(C(F)(F)F)c1)N(CC1CC1)C1CC1. The first-order valence-corrected chi connectivity index (χ1v) is 7.04. The molecule has 6 heteroatoms. The second-order valence-corrected chi connectivity index (χ2v) is 5.82. The van der Waals surface area contributed by atoms with E-state index < -0.39 is 23.5 Å². The Kier molecular flexibility index (Phi) is 3.42. The van der Waals surface area contributed by atoms with Crippen LogP contribution in [0.5, 0.6) is 0 Å². The van der Waals surface area contributed by atoms with E-state index in [1.165, 1.54) is 0 Å². The molecule has 0 radical (unpaired) electrons. The third-order valence-electron chi connectivity index (χ3n) is 3.92. The van der Waals surface area contributed by atoms with Crippen LogP contribution in [0.15, 0.2) is 18.2 Å². The number of rotatable bonds is 4. The van der Waals surface area contributed by atoms with E-state index in [9.17, 15) is 22.4 Å². The molecule has 0 heterocycles. The minimum Gasteiger partial charge on any atom is -0.335 e. The maximum absolute atomic E-state index is 13.3. The first-order valence-electron chi connectivity index (χ1n) is 7.04. The molecule has 21 heavy (non-hydrogen) atoms. The van der Waals surface area contributed by atoms with Crippen LogP contribution in [0.2, 0.25) is 0 Å².